The molecule has 0 bridgehead atoms. The number of hydrogen-bond donors (Lipinski definition) is 0. The summed E-state index contributed by atoms with van der Waals surface area (Å²) in [6.07, 6.45) is 7.29. The Kier molecular flexibility index (Phi) is 5.31. The Morgan fingerprint density at radius 1 is 0.457 bits per heavy atom. The zero-order valence-electron chi connectivity index (χ0n) is 24.6. The summed E-state index contributed by atoms with van der Waals surface area (Å²) in [6.45, 7) is -0.0392. The fourth-order valence-electron chi connectivity index (χ4n) is 7.26. The predicted molar refractivity (Wildman–Crippen MR) is 185 cm³/mol. The van der Waals surface area contributed by atoms with Crippen molar-refractivity contribution in [1.82, 2.24) is 14.5 Å². The molecule has 0 atom stereocenters. The minimum absolute atomic E-state index is 0.0392. The van der Waals surface area contributed by atoms with Gasteiger partial charge in [-0.25, -0.2) is 0 Å². The van der Waals surface area contributed by atoms with E-state index in [1.165, 1.54) is 10.8 Å². The highest BCUT2D eigenvalue weighted by Gasteiger charge is 2.41. The second-order valence-electron chi connectivity index (χ2n) is 11.8. The number of ether oxygens (including phenoxy) is 2. The Morgan fingerprint density at radius 3 is 1.43 bits per heavy atom. The summed E-state index contributed by atoms with van der Waals surface area (Å²) in [7, 11) is 0. The molecule has 0 amide bonds. The lowest BCUT2D eigenvalue weighted by Crippen LogP contribution is -2.57. The molecule has 5 nitrogen and oxygen atoms in total. The van der Waals surface area contributed by atoms with Crippen molar-refractivity contribution in [3.05, 3.63) is 146 Å². The van der Waals surface area contributed by atoms with Gasteiger partial charge in [0.2, 0.25) is 0 Å². The van der Waals surface area contributed by atoms with E-state index in [-0.39, 0.29) is 6.71 Å². The van der Waals surface area contributed by atoms with E-state index in [1.807, 2.05) is 49.1 Å². The van der Waals surface area contributed by atoms with Crippen LogP contribution in [-0.4, -0.2) is 21.2 Å². The Hall–Kier alpha value is -6.14. The number of fused-ring (bicyclic) bond motifs is 7. The number of pyridine rings is 2. The third-order valence-electron chi connectivity index (χ3n) is 9.33. The van der Waals surface area contributed by atoms with Crippen molar-refractivity contribution in [2.75, 3.05) is 0 Å². The first-order chi connectivity index (χ1) is 22.8. The summed E-state index contributed by atoms with van der Waals surface area (Å²) >= 11 is 0. The first-order valence-corrected chi connectivity index (χ1v) is 15.4. The highest BCUT2D eigenvalue weighted by Crippen LogP contribution is 2.40. The third-order valence-corrected chi connectivity index (χ3v) is 9.33. The Morgan fingerprint density at radius 2 is 0.935 bits per heavy atom. The molecule has 46 heavy (non-hydrogen) atoms. The van der Waals surface area contributed by atoms with Crippen molar-refractivity contribution in [3.8, 4) is 50.9 Å². The second-order valence-corrected chi connectivity index (χ2v) is 11.8. The van der Waals surface area contributed by atoms with Gasteiger partial charge in [-0.1, -0.05) is 60.7 Å². The predicted octanol–water partition coefficient (Wildman–Crippen LogP) is 7.64. The number of benzene rings is 5. The molecular formula is C40H24BN3O2. The summed E-state index contributed by atoms with van der Waals surface area (Å²) in [4.78, 5) is 8.42. The summed E-state index contributed by atoms with van der Waals surface area (Å²) in [5.41, 5.74) is 10.9. The van der Waals surface area contributed by atoms with Crippen molar-refractivity contribution in [2.24, 2.45) is 0 Å². The Bertz CT molecular complexity index is 2320. The molecule has 0 aliphatic carbocycles. The standard InChI is InChI=1S/C40H24BN3O2/c1-3-7-34-30(5-1)31-6-2-4-8-35(31)44(34)29-23-38-40-39(24-29)46-37-22-28(26-15-19-43-20-16-26)10-12-33(37)41(40)32-11-9-27(21-36(32)45-38)25-13-17-42-18-14-25/h1-24H. The molecule has 5 aromatic carbocycles. The smallest absolute Gasteiger partial charge is 0.260 e. The number of rotatable bonds is 3. The average molecular weight is 589 g/mol. The summed E-state index contributed by atoms with van der Waals surface area (Å²) < 4.78 is 16.0. The van der Waals surface area contributed by atoms with Gasteiger partial charge in [0.1, 0.15) is 23.0 Å². The van der Waals surface area contributed by atoms with Gasteiger partial charge >= 0.3 is 0 Å². The number of aromatic nitrogens is 3. The van der Waals surface area contributed by atoms with Crippen molar-refractivity contribution in [1.29, 1.82) is 0 Å². The highest BCUT2D eigenvalue weighted by atomic mass is 16.5. The van der Waals surface area contributed by atoms with Crippen LogP contribution in [0, 0.1) is 0 Å². The summed E-state index contributed by atoms with van der Waals surface area (Å²) in [5.74, 6) is 3.32. The molecule has 2 aliphatic heterocycles. The molecular weight excluding hydrogens is 565 g/mol. The topological polar surface area (TPSA) is 49.2 Å². The highest BCUT2D eigenvalue weighted by molar-refractivity contribution is 6.98. The Balaban J connectivity index is 1.22. The minimum Gasteiger partial charge on any atom is -0.458 e. The third kappa shape index (κ3) is 3.70. The second kappa shape index (κ2) is 9.68. The molecule has 214 valence electrons. The molecule has 0 fully saturated rings. The molecule has 2 aliphatic rings. The van der Waals surface area contributed by atoms with Crippen LogP contribution in [-0.2, 0) is 0 Å². The van der Waals surface area contributed by atoms with Crippen LogP contribution in [0.15, 0.2) is 146 Å². The van der Waals surface area contributed by atoms with E-state index >= 15 is 0 Å². The zero-order valence-corrected chi connectivity index (χ0v) is 24.6. The molecule has 0 unspecified atom stereocenters. The van der Waals surface area contributed by atoms with Gasteiger partial charge in [0.05, 0.1) is 16.7 Å². The molecule has 0 saturated heterocycles. The van der Waals surface area contributed by atoms with Crippen molar-refractivity contribution < 1.29 is 9.47 Å². The first kappa shape index (κ1) is 25.2. The van der Waals surface area contributed by atoms with Crippen LogP contribution in [0.4, 0.5) is 0 Å². The van der Waals surface area contributed by atoms with Crippen LogP contribution in [0.5, 0.6) is 23.0 Å². The molecule has 6 heteroatoms. The number of para-hydroxylation sites is 2. The van der Waals surface area contributed by atoms with Gasteiger partial charge in [0.25, 0.3) is 6.71 Å². The van der Waals surface area contributed by atoms with Crippen LogP contribution in [0.25, 0.3) is 49.7 Å². The average Bonchev–Trinajstić information content (AvgIpc) is 3.46. The van der Waals surface area contributed by atoms with E-state index in [9.17, 15) is 0 Å². The SMILES string of the molecule is c1ccc2c(c1)c1ccccc1n2-c1cc2c3c(c1)Oc1cc(-c4ccncc4)ccc1B3c1ccc(-c3ccncc3)cc1O2. The monoisotopic (exact) mass is 589 g/mol. The molecule has 8 aromatic rings. The van der Waals surface area contributed by atoms with Gasteiger partial charge in [-0.15, -0.1) is 0 Å². The van der Waals surface area contributed by atoms with Crippen molar-refractivity contribution >= 4 is 44.9 Å². The van der Waals surface area contributed by atoms with Gasteiger partial charge < -0.3 is 14.0 Å². The van der Waals surface area contributed by atoms with E-state index in [0.29, 0.717) is 0 Å². The number of hydrogen-bond acceptors (Lipinski definition) is 4. The Labute approximate surface area is 265 Å². The molecule has 3 aromatic heterocycles. The van der Waals surface area contributed by atoms with Gasteiger partial charge in [-0.2, -0.15) is 0 Å². The zero-order chi connectivity index (χ0) is 30.2. The molecule has 0 saturated carbocycles. The van der Waals surface area contributed by atoms with Gasteiger partial charge in [0.15, 0.2) is 0 Å². The van der Waals surface area contributed by atoms with Gasteiger partial charge in [0, 0.05) is 53.2 Å². The van der Waals surface area contributed by atoms with Crippen LogP contribution >= 0.6 is 0 Å². The van der Waals surface area contributed by atoms with E-state index < -0.39 is 0 Å². The summed E-state index contributed by atoms with van der Waals surface area (Å²) in [5, 5.41) is 2.42. The largest absolute Gasteiger partial charge is 0.458 e. The maximum atomic E-state index is 6.84. The fourth-order valence-corrected chi connectivity index (χ4v) is 7.26. The van der Waals surface area contributed by atoms with Crippen molar-refractivity contribution in [2.45, 2.75) is 0 Å². The summed E-state index contributed by atoms with van der Waals surface area (Å²) in [6, 6.07) is 42.6. The maximum absolute atomic E-state index is 6.84. The molecule has 0 N–H and O–H groups in total. The van der Waals surface area contributed by atoms with Gasteiger partial charge in [-0.3, -0.25) is 9.97 Å². The molecule has 5 heterocycles. The molecule has 10 rings (SSSR count). The lowest BCUT2D eigenvalue weighted by molar-refractivity contribution is 0.464. The van der Waals surface area contributed by atoms with E-state index in [4.69, 9.17) is 9.47 Å². The van der Waals surface area contributed by atoms with Crippen molar-refractivity contribution in [3.63, 3.8) is 0 Å². The normalized spacial score (nSPS) is 12.7. The first-order valence-electron chi connectivity index (χ1n) is 15.4. The molecule has 0 radical (unpaired) electrons. The number of nitrogens with zero attached hydrogens (tertiary/aromatic N) is 3. The fraction of sp³-hybridized carbons (Fsp3) is 0. The lowest BCUT2D eigenvalue weighted by Gasteiger charge is -2.34. The van der Waals surface area contributed by atoms with E-state index in [1.54, 1.807) is 0 Å². The van der Waals surface area contributed by atoms with Gasteiger partial charge in [-0.05, 0) is 81.7 Å². The molecule has 0 spiro atoms. The van der Waals surface area contributed by atoms with E-state index in [0.717, 1.165) is 78.4 Å². The van der Waals surface area contributed by atoms with Crippen LogP contribution < -0.4 is 25.9 Å². The quantitative estimate of drug-likeness (QED) is 0.199. The maximum Gasteiger partial charge on any atom is 0.260 e. The van der Waals surface area contributed by atoms with Crippen LogP contribution in [0.3, 0.4) is 0 Å². The van der Waals surface area contributed by atoms with Crippen LogP contribution in [0.1, 0.15) is 0 Å². The van der Waals surface area contributed by atoms with Crippen LogP contribution in [0.2, 0.25) is 0 Å². The minimum atomic E-state index is -0.0392. The van der Waals surface area contributed by atoms with E-state index in [2.05, 4.69) is 112 Å². The lowest BCUT2D eigenvalue weighted by atomic mass is 9.35.